The summed E-state index contributed by atoms with van der Waals surface area (Å²) >= 11 is 1.28. The van der Waals surface area contributed by atoms with Gasteiger partial charge in [-0.25, -0.2) is 4.79 Å². The van der Waals surface area contributed by atoms with Crippen LogP contribution in [-0.2, 0) is 9.63 Å². The largest absolute Gasteiger partial charge is 0.476 e. The molecule has 16 heavy (non-hydrogen) atoms. The van der Waals surface area contributed by atoms with E-state index >= 15 is 0 Å². The molecular formula is C8H12N4O3S. The lowest BCUT2D eigenvalue weighted by molar-refractivity contribution is -0.129. The number of nitrogens with one attached hydrogen (secondary N) is 2. The third-order valence-corrected chi connectivity index (χ3v) is 2.34. The molecular weight excluding hydrogens is 232 g/mol. The van der Waals surface area contributed by atoms with Crippen molar-refractivity contribution in [2.24, 2.45) is 10.1 Å². The summed E-state index contributed by atoms with van der Waals surface area (Å²) in [7, 11) is 1.29. The van der Waals surface area contributed by atoms with E-state index in [0.29, 0.717) is 17.4 Å². The molecule has 8 heteroatoms. The Morgan fingerprint density at radius 1 is 1.62 bits per heavy atom. The van der Waals surface area contributed by atoms with Gasteiger partial charge < -0.3 is 9.94 Å². The maximum absolute atomic E-state index is 10.8. The van der Waals surface area contributed by atoms with E-state index in [1.165, 1.54) is 18.9 Å². The molecule has 0 radical (unpaired) electrons. The topological polar surface area (TPSA) is 95.3 Å². The summed E-state index contributed by atoms with van der Waals surface area (Å²) < 4.78 is 0. The molecule has 1 aliphatic heterocycles. The van der Waals surface area contributed by atoms with Gasteiger partial charge in [0.1, 0.15) is 7.11 Å². The quantitative estimate of drug-likeness (QED) is 0.480. The third-order valence-electron chi connectivity index (χ3n) is 1.53. The van der Waals surface area contributed by atoms with E-state index in [0.717, 1.165) is 0 Å². The minimum atomic E-state index is -1.17. The number of amidine groups is 1. The Morgan fingerprint density at radius 3 is 2.81 bits per heavy atom. The standard InChI is InChI=1S/C8H12N4O3S/c1-3-9-8-11-10-5(4-16-8)6(7(13)14)12-15-2/h4,10H,3H2,1-2H3,(H,9,11)(H,13,14). The zero-order chi connectivity index (χ0) is 12.0. The van der Waals surface area contributed by atoms with Gasteiger partial charge in [-0.1, -0.05) is 16.9 Å². The molecule has 1 rings (SSSR count). The van der Waals surface area contributed by atoms with Crippen molar-refractivity contribution in [3.63, 3.8) is 0 Å². The summed E-state index contributed by atoms with van der Waals surface area (Å²) in [5.41, 5.74) is 5.58. The predicted molar refractivity (Wildman–Crippen MR) is 62.0 cm³/mol. The van der Waals surface area contributed by atoms with Crippen LogP contribution in [0.25, 0.3) is 0 Å². The number of nitrogens with zero attached hydrogens (tertiary/aromatic N) is 2. The van der Waals surface area contributed by atoms with Gasteiger partial charge in [0.25, 0.3) is 0 Å². The maximum atomic E-state index is 10.8. The van der Waals surface area contributed by atoms with Crippen LogP contribution in [0, 0.1) is 0 Å². The highest BCUT2D eigenvalue weighted by molar-refractivity contribution is 8.16. The van der Waals surface area contributed by atoms with Crippen LogP contribution in [0.1, 0.15) is 6.92 Å². The van der Waals surface area contributed by atoms with E-state index in [1.54, 1.807) is 5.41 Å². The number of rotatable bonds is 4. The smallest absolute Gasteiger partial charge is 0.360 e. The Bertz CT molecular complexity index is 364. The van der Waals surface area contributed by atoms with Gasteiger partial charge in [-0.3, -0.25) is 15.8 Å². The number of aliphatic imine (C=N–C) groups is 1. The fourth-order valence-electron chi connectivity index (χ4n) is 0.925. The fraction of sp³-hybridized carbons (Fsp3) is 0.375. The zero-order valence-corrected chi connectivity index (χ0v) is 9.67. The predicted octanol–water partition coefficient (Wildman–Crippen LogP) is 0.132. The monoisotopic (exact) mass is 244 g/mol. The van der Waals surface area contributed by atoms with E-state index < -0.39 is 5.97 Å². The molecule has 88 valence electrons. The van der Waals surface area contributed by atoms with E-state index in [1.807, 2.05) is 6.92 Å². The van der Waals surface area contributed by atoms with Crippen LogP contribution in [-0.4, -0.2) is 35.6 Å². The summed E-state index contributed by atoms with van der Waals surface area (Å²) in [5, 5.41) is 14.6. The molecule has 0 aromatic rings. The van der Waals surface area contributed by atoms with Crippen LogP contribution in [0.5, 0.6) is 0 Å². The van der Waals surface area contributed by atoms with Crippen molar-refractivity contribution in [2.75, 3.05) is 13.7 Å². The molecule has 1 aliphatic rings. The Morgan fingerprint density at radius 2 is 2.38 bits per heavy atom. The fourth-order valence-corrected chi connectivity index (χ4v) is 1.64. The maximum Gasteiger partial charge on any atom is 0.360 e. The summed E-state index contributed by atoms with van der Waals surface area (Å²) in [6, 6.07) is 0. The molecule has 0 aromatic heterocycles. The van der Waals surface area contributed by atoms with Crippen LogP contribution in [0.3, 0.4) is 0 Å². The van der Waals surface area contributed by atoms with Crippen LogP contribution in [0.2, 0.25) is 0 Å². The average Bonchev–Trinajstić information content (AvgIpc) is 2.27. The molecule has 1 heterocycles. The van der Waals surface area contributed by atoms with Crippen molar-refractivity contribution in [3.05, 3.63) is 11.1 Å². The minimum absolute atomic E-state index is 0.196. The van der Waals surface area contributed by atoms with Crippen molar-refractivity contribution < 1.29 is 14.7 Å². The first-order valence-electron chi connectivity index (χ1n) is 4.47. The lowest BCUT2D eigenvalue weighted by Gasteiger charge is -2.17. The van der Waals surface area contributed by atoms with Crippen molar-refractivity contribution in [1.29, 1.82) is 0 Å². The molecule has 3 N–H and O–H groups in total. The summed E-state index contributed by atoms with van der Waals surface area (Å²) in [6.07, 6.45) is 0. The second-order valence-electron chi connectivity index (χ2n) is 2.61. The van der Waals surface area contributed by atoms with E-state index in [4.69, 9.17) is 5.11 Å². The molecule has 0 spiro atoms. The molecule has 0 aromatic carbocycles. The van der Waals surface area contributed by atoms with Gasteiger partial charge in [-0.2, -0.15) is 0 Å². The van der Waals surface area contributed by atoms with E-state index in [-0.39, 0.29) is 5.71 Å². The zero-order valence-electron chi connectivity index (χ0n) is 8.85. The SMILES string of the molecule is CCN=C1NNC(C(=NOC)C(=O)O)=CS1. The number of aliphatic carboxylic acids is 1. The van der Waals surface area contributed by atoms with Gasteiger partial charge in [-0.05, 0) is 6.92 Å². The summed E-state index contributed by atoms with van der Waals surface area (Å²) in [6.45, 7) is 2.56. The van der Waals surface area contributed by atoms with Crippen LogP contribution >= 0.6 is 11.8 Å². The van der Waals surface area contributed by atoms with Gasteiger partial charge >= 0.3 is 5.97 Å². The number of thioether (sulfide) groups is 1. The molecule has 0 aliphatic carbocycles. The lowest BCUT2D eigenvalue weighted by Crippen LogP contribution is -2.41. The number of hydrogen-bond acceptors (Lipinski definition) is 6. The second-order valence-corrected chi connectivity index (χ2v) is 3.46. The molecule has 0 fully saturated rings. The molecule has 7 nitrogen and oxygen atoms in total. The Labute approximate surface area is 96.6 Å². The van der Waals surface area contributed by atoms with Gasteiger partial charge in [0, 0.05) is 12.0 Å². The number of hydrogen-bond donors (Lipinski definition) is 3. The van der Waals surface area contributed by atoms with Crippen LogP contribution in [0.4, 0.5) is 0 Å². The molecule has 0 atom stereocenters. The van der Waals surface area contributed by atoms with Gasteiger partial charge in [-0.15, -0.1) is 0 Å². The van der Waals surface area contributed by atoms with Gasteiger partial charge in [0.05, 0.1) is 5.70 Å². The molecule has 0 amide bonds. The Hall–Kier alpha value is -1.70. The average molecular weight is 244 g/mol. The van der Waals surface area contributed by atoms with Crippen molar-refractivity contribution in [2.45, 2.75) is 6.92 Å². The number of carbonyl (C=O) groups is 1. The highest BCUT2D eigenvalue weighted by Crippen LogP contribution is 2.12. The molecule has 0 unspecified atom stereocenters. The normalized spacial score (nSPS) is 18.5. The first-order chi connectivity index (χ1) is 7.69. The first kappa shape index (κ1) is 12.4. The highest BCUT2D eigenvalue weighted by Gasteiger charge is 2.20. The summed E-state index contributed by atoms with van der Waals surface area (Å²) in [5.74, 6) is -1.17. The second kappa shape index (κ2) is 6.01. The van der Waals surface area contributed by atoms with Gasteiger partial charge in [0.15, 0.2) is 5.17 Å². The van der Waals surface area contributed by atoms with Crippen molar-refractivity contribution in [1.82, 2.24) is 10.9 Å². The third kappa shape index (κ3) is 3.16. The molecule has 0 bridgehead atoms. The molecule has 0 saturated heterocycles. The number of oxime groups is 1. The molecule has 0 saturated carbocycles. The summed E-state index contributed by atoms with van der Waals surface area (Å²) in [4.78, 5) is 19.4. The number of carboxylic acid groups (broad SMARTS) is 1. The minimum Gasteiger partial charge on any atom is -0.476 e. The van der Waals surface area contributed by atoms with Crippen LogP contribution in [0.15, 0.2) is 21.3 Å². The van der Waals surface area contributed by atoms with E-state index in [2.05, 4.69) is 25.8 Å². The van der Waals surface area contributed by atoms with Crippen LogP contribution < -0.4 is 10.9 Å². The van der Waals surface area contributed by atoms with E-state index in [9.17, 15) is 4.79 Å². The van der Waals surface area contributed by atoms with Crippen molar-refractivity contribution in [3.8, 4) is 0 Å². The lowest BCUT2D eigenvalue weighted by atomic mass is 10.3. The Balaban J connectivity index is 2.80. The van der Waals surface area contributed by atoms with Gasteiger partial charge in [0.2, 0.25) is 5.71 Å². The number of carboxylic acids is 1. The van der Waals surface area contributed by atoms with Crippen molar-refractivity contribution >= 4 is 28.6 Å². The highest BCUT2D eigenvalue weighted by atomic mass is 32.2. The first-order valence-corrected chi connectivity index (χ1v) is 5.35. The number of hydrazine groups is 1. The Kier molecular flexibility index (Phi) is 4.65.